The number of pyridine rings is 1. The summed E-state index contributed by atoms with van der Waals surface area (Å²) in [5, 5.41) is 13.7. The number of benzene rings is 2. The molecular weight excluding hydrogens is 654 g/mol. The fraction of sp³-hybridized carbons (Fsp3) is 0.471. The highest BCUT2D eigenvalue weighted by molar-refractivity contribution is 7.90. The van der Waals surface area contributed by atoms with Crippen LogP contribution in [0.1, 0.15) is 75.0 Å². The van der Waals surface area contributed by atoms with Crippen molar-refractivity contribution in [1.82, 2.24) is 15.0 Å². The van der Waals surface area contributed by atoms with E-state index >= 15 is 0 Å². The van der Waals surface area contributed by atoms with Gasteiger partial charge >= 0.3 is 6.18 Å². The van der Waals surface area contributed by atoms with Crippen molar-refractivity contribution in [3.63, 3.8) is 0 Å². The number of nitrogens with one attached hydrogen (secondary N) is 2. The summed E-state index contributed by atoms with van der Waals surface area (Å²) in [7, 11) is 0. The zero-order valence-corrected chi connectivity index (χ0v) is 27.7. The Morgan fingerprint density at radius 3 is 2.25 bits per heavy atom. The summed E-state index contributed by atoms with van der Waals surface area (Å²) < 4.78 is 91.7. The molecule has 0 radical (unpaired) electrons. The maximum Gasteiger partial charge on any atom is 0.424 e. The number of aromatic nitrogens is 1. The SMILES string of the molecule is CC1(N[S+]([O-])C(C)(C)C)COc2c1cc(C(O)(CNC(=O)c1ccc(OC3CC3)c(OC3CC3)c1)C(F)(F)F)nc2-c1ccc(F)cc1. The summed E-state index contributed by atoms with van der Waals surface area (Å²) in [4.78, 5) is 17.5. The predicted octanol–water partition coefficient (Wildman–Crippen LogP) is 5.81. The van der Waals surface area contributed by atoms with Crippen LogP contribution in [0.25, 0.3) is 11.3 Å². The molecule has 2 saturated carbocycles. The Hall–Kier alpha value is -3.59. The van der Waals surface area contributed by atoms with Gasteiger partial charge in [-0.1, -0.05) is 0 Å². The second kappa shape index (κ2) is 12.4. The van der Waals surface area contributed by atoms with Crippen molar-refractivity contribution in [2.45, 2.75) is 87.6 Å². The molecule has 2 aromatic carbocycles. The van der Waals surface area contributed by atoms with E-state index in [1.54, 1.807) is 33.8 Å². The highest BCUT2D eigenvalue weighted by atomic mass is 32.2. The van der Waals surface area contributed by atoms with E-state index in [1.807, 2.05) is 0 Å². The van der Waals surface area contributed by atoms with Crippen molar-refractivity contribution in [3.8, 4) is 28.5 Å². The number of halogens is 4. The fourth-order valence-corrected chi connectivity index (χ4v) is 5.94. The van der Waals surface area contributed by atoms with Gasteiger partial charge in [0.2, 0.25) is 5.60 Å². The lowest BCUT2D eigenvalue weighted by Crippen LogP contribution is -2.52. The number of ether oxygens (including phenoxy) is 3. The number of rotatable bonds is 11. The van der Waals surface area contributed by atoms with Crippen molar-refractivity contribution >= 4 is 17.3 Å². The number of hydrogen-bond acceptors (Lipinski definition) is 8. The lowest BCUT2D eigenvalue weighted by molar-refractivity contribution is -0.265. The Balaban J connectivity index is 1.36. The molecule has 258 valence electrons. The van der Waals surface area contributed by atoms with E-state index in [0.717, 1.165) is 43.9 Å². The van der Waals surface area contributed by atoms with Crippen LogP contribution < -0.4 is 24.2 Å². The topological polar surface area (TPSA) is 125 Å². The van der Waals surface area contributed by atoms with Gasteiger partial charge in [-0.05, 0) is 102 Å². The molecule has 3 aliphatic rings. The van der Waals surface area contributed by atoms with Gasteiger partial charge in [0.15, 0.2) is 17.2 Å². The Labute approximate surface area is 278 Å². The molecule has 0 saturated heterocycles. The number of aliphatic hydroxyl groups is 1. The Kier molecular flexibility index (Phi) is 8.84. The van der Waals surface area contributed by atoms with Crippen LogP contribution in [0, 0.1) is 5.82 Å². The number of alkyl halides is 3. The van der Waals surface area contributed by atoms with E-state index in [2.05, 4.69) is 15.0 Å². The molecule has 3 unspecified atom stereocenters. The van der Waals surface area contributed by atoms with Crippen LogP contribution in [0.5, 0.6) is 17.2 Å². The maximum atomic E-state index is 14.9. The molecular formula is C34H37F4N3O6S. The van der Waals surface area contributed by atoms with E-state index in [0.29, 0.717) is 11.5 Å². The van der Waals surface area contributed by atoms with Gasteiger partial charge in [0, 0.05) is 28.1 Å². The second-order valence-electron chi connectivity index (χ2n) is 13.7. The molecule has 0 spiro atoms. The van der Waals surface area contributed by atoms with Crippen LogP contribution in [0.3, 0.4) is 0 Å². The first kappa shape index (κ1) is 34.3. The van der Waals surface area contributed by atoms with E-state index in [-0.39, 0.29) is 46.9 Å². The average molecular weight is 692 g/mol. The van der Waals surface area contributed by atoms with Crippen LogP contribution in [0.4, 0.5) is 17.6 Å². The molecule has 3 N–H and O–H groups in total. The van der Waals surface area contributed by atoms with Crippen molar-refractivity contribution in [1.29, 1.82) is 0 Å². The van der Waals surface area contributed by atoms with Crippen LogP contribution in [0.15, 0.2) is 48.5 Å². The second-order valence-corrected chi connectivity index (χ2v) is 15.6. The number of nitrogens with zero attached hydrogens (tertiary/aromatic N) is 1. The quantitative estimate of drug-likeness (QED) is 0.170. The minimum atomic E-state index is -5.32. The van der Waals surface area contributed by atoms with E-state index in [4.69, 9.17) is 14.2 Å². The van der Waals surface area contributed by atoms with Gasteiger partial charge in [-0.3, -0.25) is 4.79 Å². The first-order chi connectivity index (χ1) is 22.5. The molecule has 2 heterocycles. The zero-order chi connectivity index (χ0) is 34.6. The summed E-state index contributed by atoms with van der Waals surface area (Å²) >= 11 is -1.67. The Bertz CT molecular complexity index is 1690. The maximum absolute atomic E-state index is 14.9. The molecule has 6 rings (SSSR count). The van der Waals surface area contributed by atoms with Gasteiger partial charge in [0.1, 0.15) is 28.4 Å². The van der Waals surface area contributed by atoms with Crippen LogP contribution in [-0.4, -0.2) is 56.8 Å². The Morgan fingerprint density at radius 2 is 1.67 bits per heavy atom. The third kappa shape index (κ3) is 7.07. The number of amides is 1. The average Bonchev–Trinajstić information content (AvgIpc) is 3.96. The first-order valence-corrected chi connectivity index (χ1v) is 16.8. The van der Waals surface area contributed by atoms with Crippen LogP contribution >= 0.6 is 0 Å². The summed E-state index contributed by atoms with van der Waals surface area (Å²) in [6.07, 6.45) is -1.79. The lowest BCUT2D eigenvalue weighted by atomic mass is 9.89. The normalized spacial score (nSPS) is 21.1. The van der Waals surface area contributed by atoms with Crippen LogP contribution in [0.2, 0.25) is 0 Å². The summed E-state index contributed by atoms with van der Waals surface area (Å²) in [5.74, 6) is -0.587. The largest absolute Gasteiger partial charge is 0.598 e. The molecule has 1 aliphatic heterocycles. The zero-order valence-electron chi connectivity index (χ0n) is 26.9. The first-order valence-electron chi connectivity index (χ1n) is 15.7. The van der Waals surface area contributed by atoms with E-state index in [9.17, 15) is 32.0 Å². The molecule has 3 aromatic rings. The molecule has 3 atom stereocenters. The third-order valence-corrected chi connectivity index (χ3v) is 10.1. The molecule has 0 bridgehead atoms. The minimum Gasteiger partial charge on any atom is -0.598 e. The van der Waals surface area contributed by atoms with Crippen molar-refractivity contribution in [2.75, 3.05) is 13.2 Å². The molecule has 2 aliphatic carbocycles. The van der Waals surface area contributed by atoms with Gasteiger partial charge in [-0.25, -0.2) is 9.37 Å². The standard InChI is InChI=1S/C34H37F4N3O6S/c1-31(2,3)48(44)41-32(4)18-45-29-24(32)16-27(40-28(29)19-5-8-21(35)9-6-19)33(43,34(36,37)38)17-39-30(42)20-7-14-25(46-22-10-11-22)26(15-20)47-23-12-13-23/h5-9,14-16,22-23,41,43H,10-13,17-18H2,1-4H3,(H,39,42). The summed E-state index contributed by atoms with van der Waals surface area (Å²) in [6.45, 7) is 5.42. The molecule has 2 fully saturated rings. The lowest BCUT2D eigenvalue weighted by Gasteiger charge is -2.33. The van der Waals surface area contributed by atoms with Gasteiger partial charge in [-0.15, -0.1) is 4.72 Å². The molecule has 14 heteroatoms. The highest BCUT2D eigenvalue weighted by Crippen LogP contribution is 2.47. The summed E-state index contributed by atoms with van der Waals surface area (Å²) in [5.41, 5.74) is -5.47. The van der Waals surface area contributed by atoms with Gasteiger partial charge in [0.05, 0.1) is 24.4 Å². The smallest absolute Gasteiger partial charge is 0.424 e. The molecule has 48 heavy (non-hydrogen) atoms. The summed E-state index contributed by atoms with van der Waals surface area (Å²) in [6, 6.07) is 10.3. The highest BCUT2D eigenvalue weighted by Gasteiger charge is 2.58. The van der Waals surface area contributed by atoms with E-state index < -0.39 is 57.4 Å². The number of fused-ring (bicyclic) bond motifs is 1. The molecule has 9 nitrogen and oxygen atoms in total. The number of carbonyl (C=O) groups is 1. The Morgan fingerprint density at radius 1 is 1.04 bits per heavy atom. The number of carbonyl (C=O) groups excluding carboxylic acids is 1. The fourth-order valence-electron chi connectivity index (χ4n) is 5.06. The van der Waals surface area contributed by atoms with Crippen LogP contribution in [-0.2, 0) is 22.5 Å². The molecule has 1 amide bonds. The van der Waals surface area contributed by atoms with Crippen molar-refractivity contribution in [3.05, 3.63) is 71.2 Å². The molecule has 1 aromatic heterocycles. The van der Waals surface area contributed by atoms with E-state index in [1.165, 1.54) is 24.3 Å². The number of hydrogen-bond donors (Lipinski definition) is 3. The van der Waals surface area contributed by atoms with Gasteiger partial charge < -0.3 is 29.2 Å². The minimum absolute atomic E-state index is 0.0158. The van der Waals surface area contributed by atoms with Gasteiger partial charge in [-0.2, -0.15) is 13.2 Å². The van der Waals surface area contributed by atoms with Crippen molar-refractivity contribution in [2.24, 2.45) is 0 Å². The monoisotopic (exact) mass is 691 g/mol. The van der Waals surface area contributed by atoms with Gasteiger partial charge in [0.25, 0.3) is 5.91 Å². The third-order valence-electron chi connectivity index (χ3n) is 8.30. The predicted molar refractivity (Wildman–Crippen MR) is 170 cm³/mol. The van der Waals surface area contributed by atoms with Crippen molar-refractivity contribution < 1.29 is 46.2 Å².